The molecule has 0 atom stereocenters. The predicted octanol–water partition coefficient (Wildman–Crippen LogP) is 5.33. The highest BCUT2D eigenvalue weighted by Gasteiger charge is 2.39. The highest BCUT2D eigenvalue weighted by atomic mass is 79.9. The van der Waals surface area contributed by atoms with Gasteiger partial charge in [-0.15, -0.1) is 0 Å². The van der Waals surface area contributed by atoms with Crippen LogP contribution in [0.25, 0.3) is 0 Å². The molecule has 0 aliphatic heterocycles. The summed E-state index contributed by atoms with van der Waals surface area (Å²) in [5.74, 6) is 0.630. The summed E-state index contributed by atoms with van der Waals surface area (Å²) in [6, 6.07) is 0. The summed E-state index contributed by atoms with van der Waals surface area (Å²) in [5, 5.41) is 0.620. The summed E-state index contributed by atoms with van der Waals surface area (Å²) in [4.78, 5) is 0. The molecule has 1 aliphatic carbocycles. The molecule has 0 unspecified atom stereocenters. The first-order valence-corrected chi connectivity index (χ1v) is 7.97. The SMILES string of the molecule is CC(C)(C)C1CCC(CBr)(OCCC(F)(F)F)CC1. The Hall–Kier alpha value is 0.230. The first-order chi connectivity index (χ1) is 8.58. The molecule has 0 aromatic carbocycles. The van der Waals surface area contributed by atoms with Gasteiger partial charge < -0.3 is 4.74 Å². The average Bonchev–Trinajstić information content (AvgIpc) is 2.26. The van der Waals surface area contributed by atoms with Crippen LogP contribution in [-0.2, 0) is 4.74 Å². The maximum absolute atomic E-state index is 12.2. The summed E-state index contributed by atoms with van der Waals surface area (Å²) in [6.07, 6.45) is -1.24. The van der Waals surface area contributed by atoms with E-state index in [1.807, 2.05) is 0 Å². The predicted molar refractivity (Wildman–Crippen MR) is 74.6 cm³/mol. The van der Waals surface area contributed by atoms with Gasteiger partial charge in [0.1, 0.15) is 0 Å². The molecule has 0 aromatic rings. The van der Waals surface area contributed by atoms with Crippen molar-refractivity contribution in [1.82, 2.24) is 0 Å². The number of hydrogen-bond acceptors (Lipinski definition) is 1. The highest BCUT2D eigenvalue weighted by Crippen LogP contribution is 2.43. The first kappa shape index (κ1) is 17.3. The molecule has 114 valence electrons. The van der Waals surface area contributed by atoms with Crippen molar-refractivity contribution < 1.29 is 17.9 Å². The summed E-state index contributed by atoms with van der Waals surface area (Å²) in [7, 11) is 0. The van der Waals surface area contributed by atoms with Crippen LogP contribution in [0.4, 0.5) is 13.2 Å². The largest absolute Gasteiger partial charge is 0.391 e. The van der Waals surface area contributed by atoms with Crippen LogP contribution in [0.1, 0.15) is 52.9 Å². The zero-order valence-electron chi connectivity index (χ0n) is 11.9. The molecule has 5 heteroatoms. The minimum Gasteiger partial charge on any atom is -0.374 e. The standard InChI is InChI=1S/C14H24BrF3O/c1-12(2,3)11-4-6-13(10-15,7-5-11)19-9-8-14(16,17)18/h11H,4-10H2,1-3H3. The lowest BCUT2D eigenvalue weighted by Gasteiger charge is -2.43. The highest BCUT2D eigenvalue weighted by molar-refractivity contribution is 9.09. The molecule has 19 heavy (non-hydrogen) atoms. The topological polar surface area (TPSA) is 9.23 Å². The summed E-state index contributed by atoms with van der Waals surface area (Å²) in [5.41, 5.74) is -0.128. The lowest BCUT2D eigenvalue weighted by Crippen LogP contribution is -2.41. The van der Waals surface area contributed by atoms with Gasteiger partial charge in [0.2, 0.25) is 0 Å². The van der Waals surface area contributed by atoms with Crippen molar-refractivity contribution in [3.8, 4) is 0 Å². The van der Waals surface area contributed by atoms with E-state index in [0.29, 0.717) is 11.2 Å². The minimum absolute atomic E-state index is 0.227. The van der Waals surface area contributed by atoms with E-state index < -0.39 is 18.2 Å². The zero-order chi connectivity index (χ0) is 14.7. The fraction of sp³-hybridized carbons (Fsp3) is 1.00. The van der Waals surface area contributed by atoms with Crippen LogP contribution in [0, 0.1) is 11.3 Å². The fourth-order valence-electron chi connectivity index (χ4n) is 2.71. The van der Waals surface area contributed by atoms with E-state index in [1.165, 1.54) is 0 Å². The minimum atomic E-state index is -4.13. The first-order valence-electron chi connectivity index (χ1n) is 6.85. The van der Waals surface area contributed by atoms with Crippen LogP contribution in [-0.4, -0.2) is 23.7 Å². The van der Waals surface area contributed by atoms with Gasteiger partial charge in [-0.2, -0.15) is 13.2 Å². The second-order valence-corrected chi connectivity index (χ2v) is 7.23. The van der Waals surface area contributed by atoms with Crippen LogP contribution in [0.15, 0.2) is 0 Å². The molecule has 1 fully saturated rings. The Morgan fingerprint density at radius 2 is 1.68 bits per heavy atom. The molecule has 1 rings (SSSR count). The van der Waals surface area contributed by atoms with Gasteiger partial charge in [0.05, 0.1) is 18.6 Å². The molecule has 0 N–H and O–H groups in total. The molecule has 0 bridgehead atoms. The van der Waals surface area contributed by atoms with Crippen LogP contribution >= 0.6 is 15.9 Å². The van der Waals surface area contributed by atoms with E-state index >= 15 is 0 Å². The Morgan fingerprint density at radius 3 is 2.05 bits per heavy atom. The summed E-state index contributed by atoms with van der Waals surface area (Å²) >= 11 is 3.41. The molecule has 0 heterocycles. The quantitative estimate of drug-likeness (QED) is 0.626. The zero-order valence-corrected chi connectivity index (χ0v) is 13.5. The molecule has 0 amide bonds. The normalized spacial score (nSPS) is 29.5. The Bertz CT molecular complexity index is 270. The van der Waals surface area contributed by atoms with Crippen molar-refractivity contribution >= 4 is 15.9 Å². The maximum atomic E-state index is 12.2. The van der Waals surface area contributed by atoms with Gasteiger partial charge in [-0.3, -0.25) is 0 Å². The van der Waals surface area contributed by atoms with Gasteiger partial charge in [-0.05, 0) is 37.0 Å². The van der Waals surface area contributed by atoms with Crippen LogP contribution in [0.3, 0.4) is 0 Å². The Labute approximate surface area is 122 Å². The van der Waals surface area contributed by atoms with Crippen molar-refractivity contribution in [2.45, 2.75) is 64.7 Å². The molecular weight excluding hydrogens is 321 g/mol. The molecule has 0 radical (unpaired) electrons. The van der Waals surface area contributed by atoms with E-state index in [2.05, 4.69) is 36.7 Å². The number of ether oxygens (including phenoxy) is 1. The summed E-state index contributed by atoms with van der Waals surface area (Å²) < 4.78 is 42.1. The van der Waals surface area contributed by atoms with E-state index in [0.717, 1.165) is 25.7 Å². The molecular formula is C14H24BrF3O. The van der Waals surface area contributed by atoms with Gasteiger partial charge in [-0.1, -0.05) is 36.7 Å². The third-order valence-corrected chi connectivity index (χ3v) is 5.18. The molecule has 1 saturated carbocycles. The Balaban J connectivity index is 2.47. The molecule has 0 aromatic heterocycles. The van der Waals surface area contributed by atoms with Crippen molar-refractivity contribution in [3.63, 3.8) is 0 Å². The van der Waals surface area contributed by atoms with Gasteiger partial charge in [0, 0.05) is 5.33 Å². The van der Waals surface area contributed by atoms with Crippen molar-refractivity contribution in [1.29, 1.82) is 0 Å². The van der Waals surface area contributed by atoms with Gasteiger partial charge >= 0.3 is 6.18 Å². The number of rotatable bonds is 4. The van der Waals surface area contributed by atoms with Gasteiger partial charge in [0.25, 0.3) is 0 Å². The third kappa shape index (κ3) is 5.62. The maximum Gasteiger partial charge on any atom is 0.391 e. The van der Waals surface area contributed by atoms with Gasteiger partial charge in [0.15, 0.2) is 0 Å². The average molecular weight is 345 g/mol. The fourth-order valence-corrected chi connectivity index (χ4v) is 3.43. The number of hydrogen-bond donors (Lipinski definition) is 0. The molecule has 1 nitrogen and oxygen atoms in total. The Morgan fingerprint density at radius 1 is 1.16 bits per heavy atom. The van der Waals surface area contributed by atoms with Crippen LogP contribution in [0.5, 0.6) is 0 Å². The second-order valence-electron chi connectivity index (χ2n) is 6.67. The number of alkyl halides is 4. The van der Waals surface area contributed by atoms with E-state index in [4.69, 9.17) is 4.74 Å². The molecule has 0 saturated heterocycles. The second kappa shape index (κ2) is 6.33. The van der Waals surface area contributed by atoms with E-state index in [-0.39, 0.29) is 12.0 Å². The Kier molecular flexibility index (Phi) is 5.76. The summed E-state index contributed by atoms with van der Waals surface area (Å²) in [6.45, 7) is 6.45. The van der Waals surface area contributed by atoms with E-state index in [9.17, 15) is 13.2 Å². The van der Waals surface area contributed by atoms with Gasteiger partial charge in [-0.25, -0.2) is 0 Å². The van der Waals surface area contributed by atoms with Crippen molar-refractivity contribution in [2.24, 2.45) is 11.3 Å². The van der Waals surface area contributed by atoms with E-state index in [1.54, 1.807) is 0 Å². The van der Waals surface area contributed by atoms with Crippen molar-refractivity contribution in [2.75, 3.05) is 11.9 Å². The lowest BCUT2D eigenvalue weighted by molar-refractivity contribution is -0.161. The third-order valence-electron chi connectivity index (χ3n) is 4.16. The molecule has 0 spiro atoms. The smallest absolute Gasteiger partial charge is 0.374 e. The molecule has 1 aliphatic rings. The number of halogens is 4. The van der Waals surface area contributed by atoms with Crippen LogP contribution < -0.4 is 0 Å². The lowest BCUT2D eigenvalue weighted by atomic mass is 9.69. The van der Waals surface area contributed by atoms with Crippen molar-refractivity contribution in [3.05, 3.63) is 0 Å². The van der Waals surface area contributed by atoms with Crippen LogP contribution in [0.2, 0.25) is 0 Å². The monoisotopic (exact) mass is 344 g/mol.